The van der Waals surface area contributed by atoms with Crippen molar-refractivity contribution in [3.05, 3.63) is 34.3 Å². The maximum Gasteiger partial charge on any atom is 0.0914 e. The fourth-order valence-electron chi connectivity index (χ4n) is 2.79. The van der Waals surface area contributed by atoms with Crippen LogP contribution in [0.5, 0.6) is 0 Å². The zero-order valence-electron chi connectivity index (χ0n) is 12.2. The van der Waals surface area contributed by atoms with Gasteiger partial charge in [-0.2, -0.15) is 0 Å². The highest BCUT2D eigenvalue weighted by Crippen LogP contribution is 2.18. The van der Waals surface area contributed by atoms with Gasteiger partial charge in [-0.15, -0.1) is 0 Å². The van der Waals surface area contributed by atoms with Crippen LogP contribution in [0.2, 0.25) is 0 Å². The van der Waals surface area contributed by atoms with Gasteiger partial charge in [-0.1, -0.05) is 35.0 Å². The lowest BCUT2D eigenvalue weighted by Crippen LogP contribution is -2.43. The molecule has 0 spiro atoms. The smallest absolute Gasteiger partial charge is 0.0914 e. The van der Waals surface area contributed by atoms with Gasteiger partial charge >= 0.3 is 0 Å². The van der Waals surface area contributed by atoms with E-state index in [-0.39, 0.29) is 0 Å². The molecule has 0 radical (unpaired) electrons. The molecule has 112 valence electrons. The minimum absolute atomic E-state index is 0.429. The molecule has 20 heavy (non-hydrogen) atoms. The van der Waals surface area contributed by atoms with Gasteiger partial charge in [0.1, 0.15) is 0 Å². The first kappa shape index (κ1) is 16.0. The molecule has 0 bridgehead atoms. The average Bonchev–Trinajstić information content (AvgIpc) is 2.46. The van der Waals surface area contributed by atoms with E-state index in [2.05, 4.69) is 33.1 Å². The Balaban J connectivity index is 1.73. The standard InChI is InChI=1S/C16H25BrN2O/c1-2-8-19-9-6-15(7-10-19)18-12-16(20)13-4-3-5-14(17)11-13/h3-5,11,15-16,18,20H,2,6-10,12H2,1H3. The number of aliphatic hydroxyl groups excluding tert-OH is 1. The number of rotatable bonds is 6. The van der Waals surface area contributed by atoms with E-state index in [0.29, 0.717) is 12.6 Å². The molecule has 1 aliphatic heterocycles. The molecule has 1 atom stereocenters. The van der Waals surface area contributed by atoms with E-state index in [1.165, 1.54) is 38.9 Å². The molecule has 2 rings (SSSR count). The van der Waals surface area contributed by atoms with E-state index in [4.69, 9.17) is 0 Å². The molecule has 1 aliphatic rings. The van der Waals surface area contributed by atoms with Crippen LogP contribution >= 0.6 is 15.9 Å². The third-order valence-corrected chi connectivity index (χ3v) is 4.45. The summed E-state index contributed by atoms with van der Waals surface area (Å²) in [6.07, 6.45) is 3.18. The molecule has 0 amide bonds. The minimum Gasteiger partial charge on any atom is -0.387 e. The summed E-state index contributed by atoms with van der Waals surface area (Å²) >= 11 is 3.44. The summed E-state index contributed by atoms with van der Waals surface area (Å²) in [6.45, 7) is 6.44. The highest BCUT2D eigenvalue weighted by molar-refractivity contribution is 9.10. The molecule has 1 aromatic carbocycles. The van der Waals surface area contributed by atoms with Crippen LogP contribution in [-0.2, 0) is 0 Å². The molecule has 0 aromatic heterocycles. The summed E-state index contributed by atoms with van der Waals surface area (Å²) < 4.78 is 1.02. The van der Waals surface area contributed by atoms with Gasteiger partial charge < -0.3 is 15.3 Å². The molecular weight excluding hydrogens is 316 g/mol. The summed E-state index contributed by atoms with van der Waals surface area (Å²) in [7, 11) is 0. The van der Waals surface area contributed by atoms with Crippen LogP contribution in [-0.4, -0.2) is 42.2 Å². The van der Waals surface area contributed by atoms with Crippen LogP contribution in [0, 0.1) is 0 Å². The topological polar surface area (TPSA) is 35.5 Å². The Morgan fingerprint density at radius 2 is 2.15 bits per heavy atom. The van der Waals surface area contributed by atoms with Crippen LogP contribution < -0.4 is 5.32 Å². The quantitative estimate of drug-likeness (QED) is 0.835. The molecular formula is C16H25BrN2O. The van der Waals surface area contributed by atoms with E-state index >= 15 is 0 Å². The fraction of sp³-hybridized carbons (Fsp3) is 0.625. The monoisotopic (exact) mass is 340 g/mol. The van der Waals surface area contributed by atoms with Gasteiger partial charge in [0.25, 0.3) is 0 Å². The number of piperidine rings is 1. The fourth-order valence-corrected chi connectivity index (χ4v) is 3.20. The normalized spacial score (nSPS) is 19.1. The van der Waals surface area contributed by atoms with Crippen molar-refractivity contribution in [1.29, 1.82) is 0 Å². The lowest BCUT2D eigenvalue weighted by molar-refractivity contribution is 0.151. The summed E-state index contributed by atoms with van der Waals surface area (Å²) in [5.74, 6) is 0. The van der Waals surface area contributed by atoms with E-state index in [9.17, 15) is 5.11 Å². The van der Waals surface area contributed by atoms with Crippen molar-refractivity contribution >= 4 is 15.9 Å². The van der Waals surface area contributed by atoms with Crippen LogP contribution in [0.15, 0.2) is 28.7 Å². The number of hydrogen-bond acceptors (Lipinski definition) is 3. The summed E-state index contributed by atoms with van der Waals surface area (Å²) in [5, 5.41) is 13.7. The second kappa shape index (κ2) is 8.13. The van der Waals surface area contributed by atoms with Crippen molar-refractivity contribution in [2.75, 3.05) is 26.2 Å². The van der Waals surface area contributed by atoms with Crippen LogP contribution in [0.3, 0.4) is 0 Å². The molecule has 0 aliphatic carbocycles. The Kier molecular flexibility index (Phi) is 6.49. The van der Waals surface area contributed by atoms with Crippen molar-refractivity contribution in [2.45, 2.75) is 38.3 Å². The van der Waals surface area contributed by atoms with Crippen LogP contribution in [0.4, 0.5) is 0 Å². The third-order valence-electron chi connectivity index (χ3n) is 3.96. The second-order valence-electron chi connectivity index (χ2n) is 5.59. The van der Waals surface area contributed by atoms with Crippen molar-refractivity contribution in [3.8, 4) is 0 Å². The molecule has 0 saturated carbocycles. The van der Waals surface area contributed by atoms with Crippen molar-refractivity contribution in [2.24, 2.45) is 0 Å². The highest BCUT2D eigenvalue weighted by atomic mass is 79.9. The zero-order chi connectivity index (χ0) is 14.4. The lowest BCUT2D eigenvalue weighted by atomic mass is 10.0. The first-order chi connectivity index (χ1) is 9.69. The van der Waals surface area contributed by atoms with Gasteiger partial charge in [0.2, 0.25) is 0 Å². The Morgan fingerprint density at radius 3 is 2.80 bits per heavy atom. The van der Waals surface area contributed by atoms with Crippen LogP contribution in [0.1, 0.15) is 37.9 Å². The molecule has 1 saturated heterocycles. The SMILES string of the molecule is CCCN1CCC(NCC(O)c2cccc(Br)c2)CC1. The van der Waals surface area contributed by atoms with Gasteiger partial charge in [-0.25, -0.2) is 0 Å². The second-order valence-corrected chi connectivity index (χ2v) is 6.51. The van der Waals surface area contributed by atoms with Gasteiger partial charge in [0.05, 0.1) is 6.10 Å². The van der Waals surface area contributed by atoms with Crippen molar-refractivity contribution in [3.63, 3.8) is 0 Å². The zero-order valence-corrected chi connectivity index (χ0v) is 13.8. The summed E-state index contributed by atoms with van der Waals surface area (Å²) in [4.78, 5) is 2.53. The van der Waals surface area contributed by atoms with Gasteiger partial charge in [0, 0.05) is 17.1 Å². The highest BCUT2D eigenvalue weighted by Gasteiger charge is 2.19. The predicted octanol–water partition coefficient (Wildman–Crippen LogP) is 2.95. The number of hydrogen-bond donors (Lipinski definition) is 2. The molecule has 1 aromatic rings. The minimum atomic E-state index is -0.429. The lowest BCUT2D eigenvalue weighted by Gasteiger charge is -2.32. The molecule has 1 unspecified atom stereocenters. The predicted molar refractivity (Wildman–Crippen MR) is 86.9 cm³/mol. The molecule has 2 N–H and O–H groups in total. The van der Waals surface area contributed by atoms with E-state index < -0.39 is 6.10 Å². The average molecular weight is 341 g/mol. The van der Waals surface area contributed by atoms with E-state index in [1.54, 1.807) is 0 Å². The largest absolute Gasteiger partial charge is 0.387 e. The Labute approximate surface area is 130 Å². The Morgan fingerprint density at radius 1 is 1.40 bits per heavy atom. The Hall–Kier alpha value is -0.420. The number of aliphatic hydroxyl groups is 1. The Bertz CT molecular complexity index is 405. The molecule has 1 fully saturated rings. The van der Waals surface area contributed by atoms with Gasteiger partial charge in [0.15, 0.2) is 0 Å². The number of halogens is 1. The van der Waals surface area contributed by atoms with Crippen molar-refractivity contribution in [1.82, 2.24) is 10.2 Å². The van der Waals surface area contributed by atoms with Crippen molar-refractivity contribution < 1.29 is 5.11 Å². The van der Waals surface area contributed by atoms with Crippen LogP contribution in [0.25, 0.3) is 0 Å². The molecule has 3 nitrogen and oxygen atoms in total. The molecule has 4 heteroatoms. The maximum atomic E-state index is 10.2. The van der Waals surface area contributed by atoms with E-state index in [1.807, 2.05) is 24.3 Å². The number of benzene rings is 1. The van der Waals surface area contributed by atoms with Gasteiger partial charge in [-0.3, -0.25) is 0 Å². The summed E-state index contributed by atoms with van der Waals surface area (Å²) in [5.41, 5.74) is 0.968. The van der Waals surface area contributed by atoms with E-state index in [0.717, 1.165) is 10.0 Å². The van der Waals surface area contributed by atoms with Gasteiger partial charge in [-0.05, 0) is 56.6 Å². The third kappa shape index (κ3) is 4.85. The number of nitrogens with zero attached hydrogens (tertiary/aromatic N) is 1. The summed E-state index contributed by atoms with van der Waals surface area (Å²) in [6, 6.07) is 8.45. The first-order valence-corrected chi connectivity index (χ1v) is 8.37. The number of nitrogens with one attached hydrogen (secondary N) is 1. The maximum absolute atomic E-state index is 10.2. The first-order valence-electron chi connectivity index (χ1n) is 7.58. The number of likely N-dealkylation sites (tertiary alicyclic amines) is 1. The molecule has 1 heterocycles.